The summed E-state index contributed by atoms with van der Waals surface area (Å²) in [4.78, 5) is 16.0. The van der Waals surface area contributed by atoms with Gasteiger partial charge in [-0.1, -0.05) is 60.7 Å². The van der Waals surface area contributed by atoms with E-state index in [4.69, 9.17) is 10.1 Å². The van der Waals surface area contributed by atoms with Crippen molar-refractivity contribution in [3.05, 3.63) is 115 Å². The van der Waals surface area contributed by atoms with E-state index in [1.165, 1.54) is 51.6 Å². The van der Waals surface area contributed by atoms with Crippen LogP contribution in [0.1, 0.15) is 13.8 Å². The molecule has 2 aromatic heterocycles. The summed E-state index contributed by atoms with van der Waals surface area (Å²) in [6.45, 7) is 2.85. The molecule has 0 aliphatic carbocycles. The summed E-state index contributed by atoms with van der Waals surface area (Å²) in [6.07, 6.45) is 3.06. The topological polar surface area (TPSA) is 50.2 Å². The molecule has 1 radical (unpaired) electrons. The molecule has 0 aliphatic rings. The summed E-state index contributed by atoms with van der Waals surface area (Å²) in [5, 5.41) is 9.59. The minimum atomic E-state index is -0.125. The Morgan fingerprint density at radius 1 is 0.886 bits per heavy atom. The first-order valence-corrected chi connectivity index (χ1v) is 11.7. The van der Waals surface area contributed by atoms with Crippen LogP contribution in [-0.4, -0.2) is 15.9 Å². The van der Waals surface area contributed by atoms with Gasteiger partial charge in [-0.2, -0.15) is 0 Å². The molecule has 5 aromatic rings. The molecule has 3 nitrogen and oxygen atoms in total. The number of carbonyl (C=O) groups excluding carboxylic acids is 1. The molecule has 0 fully saturated rings. The minimum Gasteiger partial charge on any atom is -0.512 e. The van der Waals surface area contributed by atoms with Crippen molar-refractivity contribution in [2.75, 3.05) is 0 Å². The largest absolute Gasteiger partial charge is 0.512 e. The number of benzene rings is 3. The number of rotatable bonds is 4. The van der Waals surface area contributed by atoms with E-state index in [0.717, 1.165) is 11.3 Å². The second-order valence-electron chi connectivity index (χ2n) is 7.81. The molecular weight excluding hydrogens is 631 g/mol. The van der Waals surface area contributed by atoms with E-state index in [-0.39, 0.29) is 31.6 Å². The van der Waals surface area contributed by atoms with Crippen molar-refractivity contribution < 1.29 is 30.0 Å². The van der Waals surface area contributed by atoms with Gasteiger partial charge in [-0.05, 0) is 42.5 Å². The molecule has 5 heteroatoms. The zero-order valence-corrected chi connectivity index (χ0v) is 22.6. The third-order valence-corrected chi connectivity index (χ3v) is 6.27. The van der Waals surface area contributed by atoms with Gasteiger partial charge in [0, 0.05) is 47.6 Å². The van der Waals surface area contributed by atoms with Crippen LogP contribution in [0.15, 0.2) is 109 Å². The zero-order valence-electron chi connectivity index (χ0n) is 19.4. The van der Waals surface area contributed by atoms with Gasteiger partial charge in [0.2, 0.25) is 0 Å². The summed E-state index contributed by atoms with van der Waals surface area (Å²) < 4.78 is 1.21. The molecule has 0 aliphatic heterocycles. The first-order chi connectivity index (χ1) is 16.5. The van der Waals surface area contributed by atoms with Gasteiger partial charge in [0.25, 0.3) is 0 Å². The van der Waals surface area contributed by atoms with Crippen molar-refractivity contribution in [3.63, 3.8) is 0 Å². The summed E-state index contributed by atoms with van der Waals surface area (Å²) >= 11 is 1.79. The molecule has 2 heterocycles. The number of hydrogen-bond donors (Lipinski definition) is 1. The molecule has 0 spiro atoms. The Hall–Kier alpha value is -3.37. The van der Waals surface area contributed by atoms with Crippen molar-refractivity contribution in [2.45, 2.75) is 13.8 Å². The first-order valence-electron chi connectivity index (χ1n) is 10.9. The monoisotopic (exact) mass is 655 g/mol. The molecule has 177 valence electrons. The van der Waals surface area contributed by atoms with E-state index >= 15 is 0 Å². The number of aromatic nitrogens is 1. The first kappa shape index (κ1) is 26.2. The van der Waals surface area contributed by atoms with Crippen LogP contribution < -0.4 is 0 Å². The Morgan fingerprint density at radius 2 is 1.54 bits per heavy atom. The van der Waals surface area contributed by atoms with Gasteiger partial charge < -0.3 is 10.1 Å². The predicted molar refractivity (Wildman–Crippen MR) is 142 cm³/mol. The number of aliphatic hydroxyl groups is 1. The normalized spacial score (nSPS) is 10.7. The maximum Gasteiger partial charge on any atom is 0.155 e. The summed E-state index contributed by atoms with van der Waals surface area (Å²) in [7, 11) is 0. The molecule has 3 aromatic carbocycles. The minimum absolute atomic E-state index is 0. The van der Waals surface area contributed by atoms with Gasteiger partial charge in [-0.3, -0.25) is 4.79 Å². The molecule has 0 atom stereocenters. The van der Waals surface area contributed by atoms with Crippen molar-refractivity contribution in [1.29, 1.82) is 0 Å². The second-order valence-corrected chi connectivity index (χ2v) is 8.86. The Morgan fingerprint density at radius 3 is 2.14 bits per heavy atom. The molecule has 5 rings (SSSR count). The Kier molecular flexibility index (Phi) is 9.27. The molecule has 0 saturated carbocycles. The van der Waals surface area contributed by atoms with Crippen LogP contribution >= 0.6 is 11.3 Å². The molecular formula is C30H24IrNO2S-. The number of fused-ring (bicyclic) bond motifs is 1. The third-order valence-electron chi connectivity index (χ3n) is 5.07. The average molecular weight is 655 g/mol. The predicted octanol–water partition coefficient (Wildman–Crippen LogP) is 8.13. The molecule has 1 N–H and O–H groups in total. The SMILES string of the molecule is CC(=O)/C=C(/C)O.[Ir].[c-]1ccc(-c2ccccc2)cc1-c1nccc2cc(-c3ccccc3)sc12. The van der Waals surface area contributed by atoms with Crippen molar-refractivity contribution in [2.24, 2.45) is 0 Å². The number of thiophene rings is 1. The van der Waals surface area contributed by atoms with Crippen molar-refractivity contribution in [3.8, 4) is 32.8 Å². The van der Waals surface area contributed by atoms with Crippen molar-refractivity contribution >= 4 is 27.2 Å². The number of pyridine rings is 1. The summed E-state index contributed by atoms with van der Waals surface area (Å²) in [5.74, 6) is -0.0625. The number of nitrogens with zero attached hydrogens (tertiary/aromatic N) is 1. The van der Waals surface area contributed by atoms with Gasteiger partial charge in [-0.25, -0.2) is 0 Å². The fourth-order valence-electron chi connectivity index (χ4n) is 3.61. The van der Waals surface area contributed by atoms with Crippen LogP contribution in [0.3, 0.4) is 0 Å². The average Bonchev–Trinajstić information content (AvgIpc) is 3.29. The van der Waals surface area contributed by atoms with E-state index < -0.39 is 0 Å². The Bertz CT molecular complexity index is 1440. The van der Waals surface area contributed by atoms with Gasteiger partial charge in [0.05, 0.1) is 5.76 Å². The Labute approximate surface area is 223 Å². The number of ketones is 1. The van der Waals surface area contributed by atoms with Crippen LogP contribution in [0.2, 0.25) is 0 Å². The van der Waals surface area contributed by atoms with Gasteiger partial charge in [0.15, 0.2) is 5.78 Å². The Balaban J connectivity index is 0.000000378. The van der Waals surface area contributed by atoms with Gasteiger partial charge >= 0.3 is 0 Å². The summed E-state index contributed by atoms with van der Waals surface area (Å²) in [6, 6.07) is 34.9. The molecule has 0 saturated heterocycles. The van der Waals surface area contributed by atoms with E-state index in [1.54, 1.807) is 11.3 Å². The van der Waals surface area contributed by atoms with E-state index in [0.29, 0.717) is 0 Å². The van der Waals surface area contributed by atoms with E-state index in [9.17, 15) is 4.79 Å². The van der Waals surface area contributed by atoms with E-state index in [2.05, 4.69) is 78.9 Å². The molecule has 0 bridgehead atoms. The number of allylic oxidation sites excluding steroid dienone is 2. The van der Waals surface area contributed by atoms with Crippen LogP contribution in [0.25, 0.3) is 42.9 Å². The standard InChI is InChI=1S/C25H16NS.C5H8O2.Ir/c1-3-8-18(9-4-1)20-12-7-13-21(16-20)24-25-22(14-15-26-24)17-23(27-25)19-10-5-2-6-11-19;1-4(6)3-5(2)7;/h1-12,14-17H;3,6H,1-2H3;/q-1;;/b;4-3-;. The van der Waals surface area contributed by atoms with Gasteiger partial charge in [0.1, 0.15) is 0 Å². The number of aliphatic hydroxyl groups excluding tert-OH is 1. The second kappa shape index (κ2) is 12.4. The fourth-order valence-corrected chi connectivity index (χ4v) is 4.77. The molecule has 0 amide bonds. The maximum atomic E-state index is 10.0. The van der Waals surface area contributed by atoms with Crippen LogP contribution in [0.4, 0.5) is 0 Å². The molecule has 0 unspecified atom stereocenters. The fraction of sp³-hybridized carbons (Fsp3) is 0.0667. The van der Waals surface area contributed by atoms with Gasteiger partial charge in [-0.15, -0.1) is 46.7 Å². The smallest absolute Gasteiger partial charge is 0.155 e. The van der Waals surface area contributed by atoms with Crippen LogP contribution in [0.5, 0.6) is 0 Å². The summed E-state index contributed by atoms with van der Waals surface area (Å²) in [5.41, 5.74) is 5.66. The number of hydrogen-bond acceptors (Lipinski definition) is 4. The van der Waals surface area contributed by atoms with Crippen LogP contribution in [-0.2, 0) is 24.9 Å². The quantitative estimate of drug-likeness (QED) is 0.121. The van der Waals surface area contributed by atoms with Crippen molar-refractivity contribution in [1.82, 2.24) is 4.98 Å². The number of carbonyl (C=O) groups is 1. The third kappa shape index (κ3) is 6.83. The zero-order chi connectivity index (χ0) is 23.9. The van der Waals surface area contributed by atoms with E-state index in [1.807, 2.05) is 24.4 Å². The van der Waals surface area contributed by atoms with Crippen LogP contribution in [0, 0.1) is 6.07 Å². The maximum absolute atomic E-state index is 10.0. The molecule has 35 heavy (non-hydrogen) atoms.